The Bertz CT molecular complexity index is 428. The third kappa shape index (κ3) is 2.30. The summed E-state index contributed by atoms with van der Waals surface area (Å²) in [6, 6.07) is 0.0309. The first-order valence-corrected chi connectivity index (χ1v) is 8.20. The summed E-state index contributed by atoms with van der Waals surface area (Å²) in [6.07, 6.45) is 5.01. The molecule has 2 amide bonds. The van der Waals surface area contributed by atoms with Gasteiger partial charge in [0, 0.05) is 25.3 Å². The summed E-state index contributed by atoms with van der Waals surface area (Å²) < 4.78 is 11.4. The molecule has 5 nitrogen and oxygen atoms in total. The molecule has 2 aliphatic heterocycles. The molecule has 21 heavy (non-hydrogen) atoms. The fourth-order valence-electron chi connectivity index (χ4n) is 4.08. The van der Waals surface area contributed by atoms with Crippen LogP contribution in [0.5, 0.6) is 0 Å². The molecule has 0 radical (unpaired) electrons. The molecule has 0 atom stereocenters. The molecule has 3 fully saturated rings. The lowest BCUT2D eigenvalue weighted by molar-refractivity contribution is -0.186. The van der Waals surface area contributed by atoms with Crippen molar-refractivity contribution in [3.05, 3.63) is 0 Å². The van der Waals surface area contributed by atoms with Gasteiger partial charge in [-0.3, -0.25) is 14.5 Å². The lowest BCUT2D eigenvalue weighted by atomic mass is 9.80. The second-order valence-electron chi connectivity index (χ2n) is 6.57. The maximum absolute atomic E-state index is 12.8. The molecule has 2 saturated heterocycles. The van der Waals surface area contributed by atoms with Crippen LogP contribution in [0.3, 0.4) is 0 Å². The van der Waals surface area contributed by atoms with Crippen molar-refractivity contribution < 1.29 is 19.1 Å². The highest BCUT2D eigenvalue weighted by atomic mass is 16.7. The van der Waals surface area contributed by atoms with Crippen LogP contribution in [0.4, 0.5) is 0 Å². The Kier molecular flexibility index (Phi) is 3.82. The van der Waals surface area contributed by atoms with Crippen molar-refractivity contribution in [1.82, 2.24) is 4.90 Å². The number of rotatable bonds is 3. The van der Waals surface area contributed by atoms with Gasteiger partial charge in [0.15, 0.2) is 5.79 Å². The van der Waals surface area contributed by atoms with E-state index in [1.165, 1.54) is 0 Å². The summed E-state index contributed by atoms with van der Waals surface area (Å²) in [4.78, 5) is 26.7. The Morgan fingerprint density at radius 1 is 1.10 bits per heavy atom. The largest absolute Gasteiger partial charge is 0.348 e. The number of carbonyl (C=O) groups is 2. The third-order valence-electron chi connectivity index (χ3n) is 5.68. The molecule has 0 aromatic carbocycles. The van der Waals surface area contributed by atoms with Crippen molar-refractivity contribution in [3.8, 4) is 0 Å². The minimum absolute atomic E-state index is 0.0120. The number of amides is 2. The Labute approximate surface area is 126 Å². The van der Waals surface area contributed by atoms with Crippen molar-refractivity contribution in [2.45, 2.75) is 70.6 Å². The highest BCUT2D eigenvalue weighted by Crippen LogP contribution is 2.44. The first-order valence-electron chi connectivity index (χ1n) is 8.20. The molecule has 1 saturated carbocycles. The number of hydrogen-bond acceptors (Lipinski definition) is 4. The van der Waals surface area contributed by atoms with Gasteiger partial charge in [0.1, 0.15) is 0 Å². The molecular formula is C16H25NO4. The number of imide groups is 1. The van der Waals surface area contributed by atoms with Gasteiger partial charge in [-0.05, 0) is 25.7 Å². The van der Waals surface area contributed by atoms with Gasteiger partial charge in [0.05, 0.1) is 18.6 Å². The fourth-order valence-corrected chi connectivity index (χ4v) is 4.08. The number of likely N-dealkylation sites (tertiary alicyclic amines) is 1. The molecule has 1 aliphatic carbocycles. The first-order chi connectivity index (χ1) is 10.1. The lowest BCUT2D eigenvalue weighted by Gasteiger charge is -2.38. The molecule has 3 aliphatic rings. The normalized spacial score (nSPS) is 28.8. The average molecular weight is 295 g/mol. The van der Waals surface area contributed by atoms with Gasteiger partial charge in [-0.25, -0.2) is 0 Å². The van der Waals surface area contributed by atoms with E-state index < -0.39 is 11.2 Å². The average Bonchev–Trinajstić information content (AvgIpc) is 3.04. The Hall–Kier alpha value is -0.940. The monoisotopic (exact) mass is 295 g/mol. The molecule has 5 heteroatoms. The predicted molar refractivity (Wildman–Crippen MR) is 76.4 cm³/mol. The van der Waals surface area contributed by atoms with Gasteiger partial charge in [0.25, 0.3) is 0 Å². The van der Waals surface area contributed by atoms with Gasteiger partial charge in [-0.2, -0.15) is 0 Å². The van der Waals surface area contributed by atoms with E-state index in [4.69, 9.17) is 9.47 Å². The molecule has 0 N–H and O–H groups in total. The summed E-state index contributed by atoms with van der Waals surface area (Å²) in [5.74, 6) is -0.376. The van der Waals surface area contributed by atoms with Gasteiger partial charge in [-0.1, -0.05) is 13.8 Å². The Morgan fingerprint density at radius 3 is 2.14 bits per heavy atom. The maximum atomic E-state index is 12.8. The second-order valence-corrected chi connectivity index (χ2v) is 6.57. The van der Waals surface area contributed by atoms with E-state index in [-0.39, 0.29) is 17.9 Å². The van der Waals surface area contributed by atoms with Crippen molar-refractivity contribution in [1.29, 1.82) is 0 Å². The van der Waals surface area contributed by atoms with E-state index in [2.05, 4.69) is 0 Å². The summed E-state index contributed by atoms with van der Waals surface area (Å²) in [5.41, 5.74) is -0.452. The van der Waals surface area contributed by atoms with Crippen LogP contribution in [-0.4, -0.2) is 41.8 Å². The molecule has 0 unspecified atom stereocenters. The van der Waals surface area contributed by atoms with E-state index in [0.29, 0.717) is 19.6 Å². The molecule has 0 aromatic heterocycles. The second kappa shape index (κ2) is 5.36. The van der Waals surface area contributed by atoms with E-state index >= 15 is 0 Å². The lowest BCUT2D eigenvalue weighted by Crippen LogP contribution is -2.47. The van der Waals surface area contributed by atoms with Crippen LogP contribution in [0, 0.1) is 5.41 Å². The van der Waals surface area contributed by atoms with Crippen LogP contribution in [0.1, 0.15) is 58.8 Å². The van der Waals surface area contributed by atoms with Crippen LogP contribution in [-0.2, 0) is 19.1 Å². The van der Waals surface area contributed by atoms with Crippen LogP contribution in [0.25, 0.3) is 0 Å². The van der Waals surface area contributed by atoms with Crippen LogP contribution >= 0.6 is 0 Å². The molecule has 0 aromatic rings. The van der Waals surface area contributed by atoms with Crippen LogP contribution < -0.4 is 0 Å². The van der Waals surface area contributed by atoms with Crippen molar-refractivity contribution >= 4 is 11.8 Å². The van der Waals surface area contributed by atoms with Crippen LogP contribution in [0.2, 0.25) is 0 Å². The van der Waals surface area contributed by atoms with Gasteiger partial charge in [0.2, 0.25) is 11.8 Å². The molecule has 0 bridgehead atoms. The predicted octanol–water partition coefficient (Wildman–Crippen LogP) is 2.24. The minimum atomic E-state index is -0.452. The highest BCUT2D eigenvalue weighted by molar-refractivity contribution is 6.06. The molecule has 1 spiro atoms. The smallest absolute Gasteiger partial charge is 0.236 e. The van der Waals surface area contributed by atoms with Gasteiger partial charge >= 0.3 is 0 Å². The van der Waals surface area contributed by atoms with Gasteiger partial charge in [-0.15, -0.1) is 0 Å². The molecule has 2 heterocycles. The first kappa shape index (κ1) is 15.0. The van der Waals surface area contributed by atoms with Crippen LogP contribution in [0.15, 0.2) is 0 Å². The molecule has 3 rings (SSSR count). The number of hydrogen-bond donors (Lipinski definition) is 0. The third-order valence-corrected chi connectivity index (χ3v) is 5.68. The van der Waals surface area contributed by atoms with E-state index in [0.717, 1.165) is 38.5 Å². The zero-order valence-electron chi connectivity index (χ0n) is 13.0. The summed E-state index contributed by atoms with van der Waals surface area (Å²) in [7, 11) is 0. The fraction of sp³-hybridized carbons (Fsp3) is 0.875. The van der Waals surface area contributed by atoms with E-state index in [1.807, 2.05) is 13.8 Å². The standard InChI is InChI=1S/C16H25NO4/c1-3-15(4-2)11-13(18)17(14(15)19)12-5-7-16(8-6-12)20-9-10-21-16/h12H,3-11H2,1-2H3. The zero-order valence-corrected chi connectivity index (χ0v) is 13.0. The SMILES string of the molecule is CCC1(CC)CC(=O)N(C2CCC3(CC2)OCCO3)C1=O. The van der Waals surface area contributed by atoms with E-state index in [1.54, 1.807) is 4.90 Å². The molecule has 118 valence electrons. The van der Waals surface area contributed by atoms with Gasteiger partial charge < -0.3 is 9.47 Å². The summed E-state index contributed by atoms with van der Waals surface area (Å²) in [6.45, 7) is 5.32. The Balaban J connectivity index is 1.70. The minimum Gasteiger partial charge on any atom is -0.348 e. The number of ether oxygens (including phenoxy) is 2. The quantitative estimate of drug-likeness (QED) is 0.749. The summed E-state index contributed by atoms with van der Waals surface area (Å²) >= 11 is 0. The highest BCUT2D eigenvalue weighted by Gasteiger charge is 2.53. The van der Waals surface area contributed by atoms with E-state index in [9.17, 15) is 9.59 Å². The number of carbonyl (C=O) groups excluding carboxylic acids is 2. The number of nitrogens with zero attached hydrogens (tertiary/aromatic N) is 1. The van der Waals surface area contributed by atoms with Crippen molar-refractivity contribution in [2.75, 3.05) is 13.2 Å². The zero-order chi connectivity index (χ0) is 15.1. The molecular weight excluding hydrogens is 270 g/mol. The van der Waals surface area contributed by atoms with Crippen molar-refractivity contribution in [3.63, 3.8) is 0 Å². The van der Waals surface area contributed by atoms with Crippen molar-refractivity contribution in [2.24, 2.45) is 5.41 Å². The Morgan fingerprint density at radius 2 is 1.67 bits per heavy atom. The maximum Gasteiger partial charge on any atom is 0.236 e. The topological polar surface area (TPSA) is 55.8 Å². The summed E-state index contributed by atoms with van der Waals surface area (Å²) in [5, 5.41) is 0.